The average molecular weight is 113 g/mol. The zero-order valence-corrected chi connectivity index (χ0v) is 6.37. The van der Waals surface area contributed by atoms with Gasteiger partial charge in [0.15, 0.2) is 0 Å². The fourth-order valence-corrected chi connectivity index (χ4v) is 0. The van der Waals surface area contributed by atoms with E-state index in [4.69, 9.17) is 0 Å². The van der Waals surface area contributed by atoms with Crippen molar-refractivity contribution in [2.24, 2.45) is 0 Å². The molecule has 0 fully saturated rings. The number of rotatable bonds is 0. The Morgan fingerprint density at radius 3 is 1.00 bits per heavy atom. The van der Waals surface area contributed by atoms with Gasteiger partial charge in [0.05, 0.1) is 0 Å². The van der Waals surface area contributed by atoms with Gasteiger partial charge in [-0.2, -0.15) is 0 Å². The average Bonchev–Trinajstić information content (AvgIpc) is 0. The van der Waals surface area contributed by atoms with Gasteiger partial charge in [0.25, 0.3) is 0 Å². The molecule has 0 N–H and O–H groups in total. The Bertz CT molecular complexity index is 9.61. The van der Waals surface area contributed by atoms with Gasteiger partial charge in [0.1, 0.15) is 0 Å². The fourth-order valence-electron chi connectivity index (χ4n) is 0. The first kappa shape index (κ1) is 49.3. The third-order valence-corrected chi connectivity index (χ3v) is 0. The Kier molecular flexibility index (Phi) is 301. The van der Waals surface area contributed by atoms with E-state index < -0.39 is 0 Å². The maximum atomic E-state index is 0. The molecule has 0 rings (SSSR count). The molecule has 0 unspecified atom stereocenters. The van der Waals surface area contributed by atoms with Gasteiger partial charge in [-0.05, 0) is 0 Å². The smallest absolute Gasteiger partial charge is 1.00 e. The molecule has 0 aromatic carbocycles. The van der Waals surface area contributed by atoms with Gasteiger partial charge in [-0.15, -0.1) is 0 Å². The van der Waals surface area contributed by atoms with Crippen LogP contribution in [-0.4, -0.2) is 0 Å². The summed E-state index contributed by atoms with van der Waals surface area (Å²) in [6.07, 6.45) is 0. The summed E-state index contributed by atoms with van der Waals surface area (Å²) in [6, 6.07) is 0. The quantitative estimate of drug-likeness (QED) is 0.252. The minimum absolute atomic E-state index is 0. The fraction of sp³-hybridized carbons (Fsp3) is 0. The van der Waals surface area contributed by atoms with E-state index in [-0.39, 0.29) is 62.6 Å². The molecule has 0 aliphatic heterocycles. The molecule has 25 valence electrons. The van der Waals surface area contributed by atoms with Gasteiger partial charge in [0, 0.05) is 0 Å². The van der Waals surface area contributed by atoms with E-state index in [9.17, 15) is 0 Å². The third kappa shape index (κ3) is 9.71. The molecule has 0 spiro atoms. The third-order valence-electron chi connectivity index (χ3n) is 0. The summed E-state index contributed by atoms with van der Waals surface area (Å²) < 4.78 is 0. The number of hydrogen-bond acceptors (Lipinski definition) is 0. The number of hydrogen-bond donors (Lipinski definition) is 0. The molecule has 0 amide bonds. The molecule has 1 radical (unpaired) electrons. The normalized spacial score (nSPS) is 0. The van der Waals surface area contributed by atoms with Gasteiger partial charge >= 0.3 is 46.3 Å². The first-order valence-electron chi connectivity index (χ1n) is 0. The second-order valence-electron chi connectivity index (χ2n) is 0. The molecular weight excluding hydrogens is 106 g/mol. The van der Waals surface area contributed by atoms with Crippen LogP contribution in [0.15, 0.2) is 0 Å². The molecule has 0 saturated heterocycles. The Balaban J connectivity index is 0. The predicted octanol–water partition coefficient (Wildman–Crippen LogP) is -1.99. The van der Waals surface area contributed by atoms with Crippen molar-refractivity contribution in [2.75, 3.05) is 0 Å². The van der Waals surface area contributed by atoms with Gasteiger partial charge in [0.2, 0.25) is 0 Å². The second kappa shape index (κ2) is 24.4. The zero-order chi connectivity index (χ0) is 0. The molecule has 0 aromatic rings. The first-order valence-corrected chi connectivity index (χ1v) is 0. The molecule has 0 heterocycles. The van der Waals surface area contributed by atoms with Crippen molar-refractivity contribution in [3.8, 4) is 0 Å². The maximum Gasteiger partial charge on any atom is 2.00 e. The van der Waals surface area contributed by atoms with Crippen LogP contribution in [-0.2, 0) is 16.8 Å². The molecule has 0 bridgehead atoms. The SMILES string of the molecule is [CH3-].[CH3-].[Co+2].[H-].[Na+]. The Labute approximate surface area is 62.3 Å². The summed E-state index contributed by atoms with van der Waals surface area (Å²) >= 11 is 0. The predicted molar refractivity (Wildman–Crippen MR) is 13.9 cm³/mol. The Morgan fingerprint density at radius 2 is 1.00 bits per heavy atom. The molecule has 0 nitrogen and oxygen atoms in total. The van der Waals surface area contributed by atoms with Gasteiger partial charge in [-0.3, -0.25) is 0 Å². The van der Waals surface area contributed by atoms with Crippen molar-refractivity contribution in [2.45, 2.75) is 0 Å². The van der Waals surface area contributed by atoms with Crippen LogP contribution in [0.25, 0.3) is 0 Å². The molecule has 0 aromatic heterocycles. The minimum atomic E-state index is 0. The van der Waals surface area contributed by atoms with E-state index >= 15 is 0 Å². The van der Waals surface area contributed by atoms with E-state index in [0.29, 0.717) is 0 Å². The van der Waals surface area contributed by atoms with Crippen LogP contribution >= 0.6 is 0 Å². The summed E-state index contributed by atoms with van der Waals surface area (Å²) in [7, 11) is 0. The summed E-state index contributed by atoms with van der Waals surface area (Å²) in [6.45, 7) is 0. The van der Waals surface area contributed by atoms with Crippen LogP contribution in [0.4, 0.5) is 0 Å². The van der Waals surface area contributed by atoms with E-state index in [0.717, 1.165) is 0 Å². The topological polar surface area (TPSA) is 0 Å². The van der Waals surface area contributed by atoms with Crippen LogP contribution in [0, 0.1) is 14.9 Å². The molecule has 0 aliphatic carbocycles. The Hall–Kier alpha value is 1.51. The van der Waals surface area contributed by atoms with Crippen molar-refractivity contribution in [1.82, 2.24) is 0 Å². The minimum Gasteiger partial charge on any atom is -1.00 e. The van der Waals surface area contributed by atoms with E-state index in [1.165, 1.54) is 0 Å². The van der Waals surface area contributed by atoms with Crippen LogP contribution in [0.3, 0.4) is 0 Å². The van der Waals surface area contributed by atoms with Gasteiger partial charge in [-0.1, -0.05) is 0 Å². The van der Waals surface area contributed by atoms with Gasteiger partial charge < -0.3 is 16.3 Å². The standard InChI is InChI=1S/2CH3.Co.Na.H/h2*1H3;;;/q2*-1;+2;+1;-1. The van der Waals surface area contributed by atoms with Crippen molar-refractivity contribution in [3.63, 3.8) is 0 Å². The molecule has 4 heavy (non-hydrogen) atoms. The van der Waals surface area contributed by atoms with Gasteiger partial charge in [-0.25, -0.2) is 0 Å². The van der Waals surface area contributed by atoms with Crippen molar-refractivity contribution >= 4 is 0 Å². The van der Waals surface area contributed by atoms with Crippen molar-refractivity contribution < 1.29 is 47.8 Å². The molecular formula is C2H7CoNa. The summed E-state index contributed by atoms with van der Waals surface area (Å²) in [4.78, 5) is 0. The van der Waals surface area contributed by atoms with Crippen LogP contribution in [0.2, 0.25) is 0 Å². The van der Waals surface area contributed by atoms with E-state index in [1.807, 2.05) is 0 Å². The summed E-state index contributed by atoms with van der Waals surface area (Å²) in [5, 5.41) is 0. The maximum absolute atomic E-state index is 0. The van der Waals surface area contributed by atoms with Crippen LogP contribution in [0.5, 0.6) is 0 Å². The summed E-state index contributed by atoms with van der Waals surface area (Å²) in [5.41, 5.74) is 0. The monoisotopic (exact) mass is 113 g/mol. The molecule has 0 atom stereocenters. The summed E-state index contributed by atoms with van der Waals surface area (Å²) in [5.74, 6) is 0. The Morgan fingerprint density at radius 1 is 1.00 bits per heavy atom. The largest absolute Gasteiger partial charge is 2.00 e. The zero-order valence-electron chi connectivity index (χ0n) is 4.33. The van der Waals surface area contributed by atoms with E-state index in [1.54, 1.807) is 0 Å². The van der Waals surface area contributed by atoms with Crippen LogP contribution < -0.4 is 29.6 Å². The van der Waals surface area contributed by atoms with Crippen molar-refractivity contribution in [3.05, 3.63) is 14.9 Å². The molecule has 0 aliphatic rings. The molecule has 0 saturated carbocycles. The molecule has 2 heteroatoms. The van der Waals surface area contributed by atoms with Crippen LogP contribution in [0.1, 0.15) is 1.43 Å². The first-order chi connectivity index (χ1) is 0. The van der Waals surface area contributed by atoms with E-state index in [2.05, 4.69) is 0 Å². The second-order valence-corrected chi connectivity index (χ2v) is 0. The van der Waals surface area contributed by atoms with Crippen molar-refractivity contribution in [1.29, 1.82) is 0 Å².